The fraction of sp³-hybridized carbons (Fsp3) is 0.286. The van der Waals surface area contributed by atoms with Crippen molar-refractivity contribution in [3.63, 3.8) is 0 Å². The number of aromatic nitrogens is 2. The molecule has 1 N–H and O–H groups in total. The SMILES string of the molecule is O=C(Nc1cc([N+](=O)[O-])ccc1Cl)C1CCN(Cc2nc(-c3cccc(Br)c3)no2)CC1. The zero-order valence-corrected chi connectivity index (χ0v) is 19.2. The predicted octanol–water partition coefficient (Wildman–Crippen LogP) is 4.91. The van der Waals surface area contributed by atoms with E-state index in [-0.39, 0.29) is 28.2 Å². The summed E-state index contributed by atoms with van der Waals surface area (Å²) in [6.07, 6.45) is 1.29. The summed E-state index contributed by atoms with van der Waals surface area (Å²) < 4.78 is 6.33. The minimum absolute atomic E-state index is 0.124. The summed E-state index contributed by atoms with van der Waals surface area (Å²) in [6, 6.07) is 11.7. The number of rotatable bonds is 6. The Kier molecular flexibility index (Phi) is 6.83. The molecule has 0 bridgehead atoms. The summed E-state index contributed by atoms with van der Waals surface area (Å²) in [4.78, 5) is 29.7. The molecule has 3 aromatic rings. The van der Waals surface area contributed by atoms with Crippen LogP contribution >= 0.6 is 27.5 Å². The van der Waals surface area contributed by atoms with Gasteiger partial charge < -0.3 is 9.84 Å². The van der Waals surface area contributed by atoms with Crippen LogP contribution in [0.25, 0.3) is 11.4 Å². The van der Waals surface area contributed by atoms with Gasteiger partial charge in [-0.25, -0.2) is 0 Å². The third-order valence-electron chi connectivity index (χ3n) is 5.29. The molecule has 1 aliphatic heterocycles. The number of piperidine rings is 1. The first-order valence-electron chi connectivity index (χ1n) is 9.95. The lowest BCUT2D eigenvalue weighted by molar-refractivity contribution is -0.384. The van der Waals surface area contributed by atoms with Gasteiger partial charge in [0.2, 0.25) is 17.6 Å². The molecule has 0 atom stereocenters. The molecule has 2 aromatic carbocycles. The second kappa shape index (κ2) is 9.76. The Hall–Kier alpha value is -2.82. The van der Waals surface area contributed by atoms with Gasteiger partial charge in [0.05, 0.1) is 22.2 Å². The number of nitrogens with zero attached hydrogens (tertiary/aromatic N) is 4. The first-order chi connectivity index (χ1) is 15.4. The van der Waals surface area contributed by atoms with Gasteiger partial charge in [0.25, 0.3) is 5.69 Å². The van der Waals surface area contributed by atoms with Gasteiger partial charge in [-0.05, 0) is 44.1 Å². The molecule has 0 unspecified atom stereocenters. The first-order valence-corrected chi connectivity index (χ1v) is 11.1. The normalized spacial score (nSPS) is 14.9. The largest absolute Gasteiger partial charge is 0.338 e. The third kappa shape index (κ3) is 5.32. The van der Waals surface area contributed by atoms with E-state index < -0.39 is 4.92 Å². The Morgan fingerprint density at radius 1 is 1.28 bits per heavy atom. The molecule has 32 heavy (non-hydrogen) atoms. The number of nitro benzene ring substituents is 1. The highest BCUT2D eigenvalue weighted by Crippen LogP contribution is 2.28. The van der Waals surface area contributed by atoms with Crippen molar-refractivity contribution in [1.82, 2.24) is 15.0 Å². The average Bonchev–Trinajstić information content (AvgIpc) is 3.24. The van der Waals surface area contributed by atoms with E-state index in [9.17, 15) is 14.9 Å². The number of hydrogen-bond donors (Lipinski definition) is 1. The van der Waals surface area contributed by atoms with Gasteiger partial charge >= 0.3 is 0 Å². The summed E-state index contributed by atoms with van der Waals surface area (Å²) in [5.41, 5.74) is 0.991. The molecular weight excluding hydrogens is 502 g/mol. The van der Waals surface area contributed by atoms with Crippen molar-refractivity contribution < 1.29 is 14.2 Å². The van der Waals surface area contributed by atoms with E-state index in [0.717, 1.165) is 10.0 Å². The zero-order chi connectivity index (χ0) is 22.7. The quantitative estimate of drug-likeness (QED) is 0.363. The highest BCUT2D eigenvalue weighted by Gasteiger charge is 2.27. The maximum Gasteiger partial charge on any atom is 0.271 e. The zero-order valence-electron chi connectivity index (χ0n) is 16.8. The van der Waals surface area contributed by atoms with Gasteiger partial charge in [-0.2, -0.15) is 4.98 Å². The van der Waals surface area contributed by atoms with Crippen molar-refractivity contribution in [3.8, 4) is 11.4 Å². The Labute approximate surface area is 197 Å². The molecule has 0 spiro atoms. The van der Waals surface area contributed by atoms with Gasteiger partial charge in [-0.3, -0.25) is 19.8 Å². The second-order valence-corrected chi connectivity index (χ2v) is 8.81. The van der Waals surface area contributed by atoms with Crippen LogP contribution in [0.4, 0.5) is 11.4 Å². The van der Waals surface area contributed by atoms with Crippen LogP contribution < -0.4 is 5.32 Å². The van der Waals surface area contributed by atoms with Crippen LogP contribution in [-0.4, -0.2) is 39.0 Å². The Balaban J connectivity index is 1.31. The fourth-order valence-corrected chi connectivity index (χ4v) is 4.13. The van der Waals surface area contributed by atoms with Gasteiger partial charge in [0.15, 0.2) is 0 Å². The lowest BCUT2D eigenvalue weighted by Crippen LogP contribution is -2.37. The monoisotopic (exact) mass is 519 g/mol. The molecule has 0 aliphatic carbocycles. The molecule has 2 heterocycles. The third-order valence-corrected chi connectivity index (χ3v) is 6.11. The number of hydrogen-bond acceptors (Lipinski definition) is 7. The van der Waals surface area contributed by atoms with Gasteiger partial charge in [0, 0.05) is 28.1 Å². The maximum atomic E-state index is 12.7. The standard InChI is InChI=1S/C21H19BrClN5O4/c22-15-3-1-2-14(10-15)20-25-19(32-26-20)12-27-8-6-13(7-9-27)21(29)24-18-11-16(28(30)31)4-5-17(18)23/h1-5,10-11,13H,6-9,12H2,(H,24,29). The number of likely N-dealkylation sites (tertiary alicyclic amines) is 1. The van der Waals surface area contributed by atoms with Crippen LogP contribution in [0.15, 0.2) is 51.5 Å². The van der Waals surface area contributed by atoms with Crippen molar-refractivity contribution in [2.45, 2.75) is 19.4 Å². The number of amides is 1. The van der Waals surface area contributed by atoms with Crippen LogP contribution in [0, 0.1) is 16.0 Å². The molecule has 1 fully saturated rings. The number of nitrogens with one attached hydrogen (secondary N) is 1. The van der Waals surface area contributed by atoms with Crippen LogP contribution in [0.3, 0.4) is 0 Å². The fourth-order valence-electron chi connectivity index (χ4n) is 3.57. The Morgan fingerprint density at radius 2 is 2.06 bits per heavy atom. The Morgan fingerprint density at radius 3 is 2.78 bits per heavy atom. The van der Waals surface area contributed by atoms with E-state index in [1.165, 1.54) is 18.2 Å². The van der Waals surface area contributed by atoms with E-state index >= 15 is 0 Å². The minimum Gasteiger partial charge on any atom is -0.338 e. The van der Waals surface area contributed by atoms with Gasteiger partial charge in [0.1, 0.15) is 0 Å². The summed E-state index contributed by atoms with van der Waals surface area (Å²) in [6.45, 7) is 1.89. The number of halogens is 2. The Bertz CT molecular complexity index is 1150. The van der Waals surface area contributed by atoms with Crippen LogP contribution in [0.1, 0.15) is 18.7 Å². The smallest absolute Gasteiger partial charge is 0.271 e. The molecule has 1 aromatic heterocycles. The number of carbonyl (C=O) groups is 1. The molecule has 11 heteroatoms. The van der Waals surface area contributed by atoms with Crippen molar-refractivity contribution >= 4 is 44.8 Å². The van der Waals surface area contributed by atoms with E-state index in [0.29, 0.717) is 44.2 Å². The van der Waals surface area contributed by atoms with Crippen LogP contribution in [0.2, 0.25) is 5.02 Å². The molecule has 166 valence electrons. The summed E-state index contributed by atoms with van der Waals surface area (Å²) >= 11 is 9.51. The average molecular weight is 521 g/mol. The first kappa shape index (κ1) is 22.4. The molecule has 9 nitrogen and oxygen atoms in total. The predicted molar refractivity (Wildman–Crippen MR) is 122 cm³/mol. The molecule has 1 saturated heterocycles. The van der Waals surface area contributed by atoms with Crippen molar-refractivity contribution in [2.24, 2.45) is 5.92 Å². The van der Waals surface area contributed by atoms with Crippen molar-refractivity contribution in [3.05, 3.63) is 68.0 Å². The van der Waals surface area contributed by atoms with E-state index in [1.54, 1.807) is 0 Å². The minimum atomic E-state index is -0.524. The van der Waals surface area contributed by atoms with Crippen molar-refractivity contribution in [2.75, 3.05) is 18.4 Å². The van der Waals surface area contributed by atoms with Crippen LogP contribution in [-0.2, 0) is 11.3 Å². The van der Waals surface area contributed by atoms with E-state index in [4.69, 9.17) is 16.1 Å². The van der Waals surface area contributed by atoms with E-state index in [1.807, 2.05) is 24.3 Å². The number of carbonyl (C=O) groups excluding carboxylic acids is 1. The van der Waals surface area contributed by atoms with Gasteiger partial charge in [-0.1, -0.05) is 44.8 Å². The lowest BCUT2D eigenvalue weighted by atomic mass is 9.96. The number of benzene rings is 2. The summed E-state index contributed by atoms with van der Waals surface area (Å²) in [7, 11) is 0. The molecule has 0 saturated carbocycles. The number of nitro groups is 1. The van der Waals surface area contributed by atoms with Gasteiger partial charge in [-0.15, -0.1) is 0 Å². The molecule has 0 radical (unpaired) electrons. The molecule has 1 amide bonds. The highest BCUT2D eigenvalue weighted by atomic mass is 79.9. The number of anilines is 1. The second-order valence-electron chi connectivity index (χ2n) is 7.48. The molecule has 4 rings (SSSR count). The number of non-ortho nitro benzene ring substituents is 1. The molecule has 1 aliphatic rings. The topological polar surface area (TPSA) is 114 Å². The summed E-state index contributed by atoms with van der Waals surface area (Å²) in [5, 5.41) is 18.0. The maximum absolute atomic E-state index is 12.7. The highest BCUT2D eigenvalue weighted by molar-refractivity contribution is 9.10. The lowest BCUT2D eigenvalue weighted by Gasteiger charge is -2.30. The van der Waals surface area contributed by atoms with Crippen molar-refractivity contribution in [1.29, 1.82) is 0 Å². The molecular formula is C21H19BrClN5O4. The summed E-state index contributed by atoms with van der Waals surface area (Å²) in [5.74, 6) is 0.652. The van der Waals surface area contributed by atoms with Crippen LogP contribution in [0.5, 0.6) is 0 Å². The van der Waals surface area contributed by atoms with E-state index in [2.05, 4.69) is 36.3 Å².